The lowest BCUT2D eigenvalue weighted by atomic mass is 10.1. The van der Waals surface area contributed by atoms with Crippen molar-refractivity contribution < 1.29 is 9.47 Å². The second-order valence-electron chi connectivity index (χ2n) is 6.36. The molecular formula is C20H24ClN3O2S. The van der Waals surface area contributed by atoms with Crippen LogP contribution in [0, 0.1) is 0 Å². The fourth-order valence-electron chi connectivity index (χ4n) is 2.99. The summed E-state index contributed by atoms with van der Waals surface area (Å²) in [5, 5.41) is 7.54. The van der Waals surface area contributed by atoms with E-state index in [4.69, 9.17) is 33.3 Å². The van der Waals surface area contributed by atoms with Crippen LogP contribution in [-0.4, -0.2) is 38.5 Å². The average Bonchev–Trinajstić information content (AvgIpc) is 2.69. The molecule has 1 heterocycles. The van der Waals surface area contributed by atoms with Crippen LogP contribution in [-0.2, 0) is 4.74 Å². The number of nitrogens with zero attached hydrogens (tertiary/aromatic N) is 1. The van der Waals surface area contributed by atoms with E-state index in [1.165, 1.54) is 11.3 Å². The van der Waals surface area contributed by atoms with Crippen molar-refractivity contribution in [1.29, 1.82) is 0 Å². The van der Waals surface area contributed by atoms with Crippen molar-refractivity contribution in [1.82, 2.24) is 5.32 Å². The number of morpholine rings is 1. The quantitative estimate of drug-likeness (QED) is 0.726. The van der Waals surface area contributed by atoms with Gasteiger partial charge in [-0.3, -0.25) is 0 Å². The maximum absolute atomic E-state index is 6.15. The number of hydrogen-bond acceptors (Lipinski definition) is 4. The monoisotopic (exact) mass is 405 g/mol. The molecule has 5 nitrogen and oxygen atoms in total. The molecule has 0 amide bonds. The van der Waals surface area contributed by atoms with Crippen molar-refractivity contribution in [3.8, 4) is 5.75 Å². The van der Waals surface area contributed by atoms with Gasteiger partial charge in [0.15, 0.2) is 5.11 Å². The van der Waals surface area contributed by atoms with Gasteiger partial charge in [-0.15, -0.1) is 0 Å². The molecule has 0 aliphatic carbocycles. The van der Waals surface area contributed by atoms with Crippen molar-refractivity contribution in [3.05, 3.63) is 53.1 Å². The zero-order chi connectivity index (χ0) is 19.2. The number of rotatable bonds is 5. The van der Waals surface area contributed by atoms with Gasteiger partial charge in [-0.05, 0) is 55.0 Å². The molecule has 144 valence electrons. The number of thiocarbonyl (C=S) groups is 1. The highest BCUT2D eigenvalue weighted by atomic mass is 35.5. The third-order valence-electron chi connectivity index (χ3n) is 4.53. The molecular weight excluding hydrogens is 382 g/mol. The van der Waals surface area contributed by atoms with Gasteiger partial charge in [0.1, 0.15) is 5.75 Å². The van der Waals surface area contributed by atoms with Crippen LogP contribution in [0.25, 0.3) is 0 Å². The van der Waals surface area contributed by atoms with Gasteiger partial charge in [0.2, 0.25) is 0 Å². The van der Waals surface area contributed by atoms with E-state index in [1.807, 2.05) is 6.07 Å². The van der Waals surface area contributed by atoms with Gasteiger partial charge in [-0.2, -0.15) is 0 Å². The molecule has 2 N–H and O–H groups in total. The van der Waals surface area contributed by atoms with Crippen molar-refractivity contribution in [2.75, 3.05) is 43.6 Å². The van der Waals surface area contributed by atoms with Gasteiger partial charge < -0.3 is 25.0 Å². The number of halogens is 1. The van der Waals surface area contributed by atoms with E-state index in [1.54, 1.807) is 19.2 Å². The van der Waals surface area contributed by atoms with E-state index < -0.39 is 0 Å². The molecule has 0 saturated carbocycles. The highest BCUT2D eigenvalue weighted by Gasteiger charge is 2.13. The van der Waals surface area contributed by atoms with Crippen LogP contribution in [0.3, 0.4) is 0 Å². The Morgan fingerprint density at radius 2 is 1.89 bits per heavy atom. The van der Waals surface area contributed by atoms with Crippen LogP contribution in [0.1, 0.15) is 18.5 Å². The van der Waals surface area contributed by atoms with Crippen LogP contribution in [0.15, 0.2) is 42.5 Å². The maximum atomic E-state index is 6.15. The normalized spacial score (nSPS) is 15.1. The fraction of sp³-hybridized carbons (Fsp3) is 0.350. The number of methoxy groups -OCH3 is 1. The first-order chi connectivity index (χ1) is 13.1. The largest absolute Gasteiger partial charge is 0.495 e. The molecule has 1 saturated heterocycles. The Balaban J connectivity index is 1.56. The smallest absolute Gasteiger partial charge is 0.171 e. The molecule has 1 unspecified atom stereocenters. The van der Waals surface area contributed by atoms with Crippen LogP contribution >= 0.6 is 23.8 Å². The third-order valence-corrected chi connectivity index (χ3v) is 5.04. The van der Waals surface area contributed by atoms with Gasteiger partial charge in [0.25, 0.3) is 0 Å². The number of ether oxygens (including phenoxy) is 2. The molecule has 1 atom stereocenters. The number of benzene rings is 2. The molecule has 0 radical (unpaired) electrons. The second kappa shape index (κ2) is 9.26. The van der Waals surface area contributed by atoms with E-state index in [9.17, 15) is 0 Å². The summed E-state index contributed by atoms with van der Waals surface area (Å²) in [6, 6.07) is 14.1. The van der Waals surface area contributed by atoms with E-state index in [0.29, 0.717) is 15.9 Å². The van der Waals surface area contributed by atoms with E-state index in [2.05, 4.69) is 46.7 Å². The second-order valence-corrected chi connectivity index (χ2v) is 7.18. The maximum Gasteiger partial charge on any atom is 0.171 e. The molecule has 7 heteroatoms. The topological polar surface area (TPSA) is 45.8 Å². The molecule has 3 rings (SSSR count). The predicted octanol–water partition coefficient (Wildman–Crippen LogP) is 4.23. The zero-order valence-electron chi connectivity index (χ0n) is 15.5. The minimum absolute atomic E-state index is 0.0810. The van der Waals surface area contributed by atoms with Crippen LogP contribution in [0.2, 0.25) is 5.02 Å². The summed E-state index contributed by atoms with van der Waals surface area (Å²) >= 11 is 11.6. The predicted molar refractivity (Wildman–Crippen MR) is 115 cm³/mol. The van der Waals surface area contributed by atoms with Crippen molar-refractivity contribution in [3.63, 3.8) is 0 Å². The van der Waals surface area contributed by atoms with Crippen LogP contribution in [0.5, 0.6) is 5.75 Å². The summed E-state index contributed by atoms with van der Waals surface area (Å²) < 4.78 is 10.6. The molecule has 0 aromatic heterocycles. The summed E-state index contributed by atoms with van der Waals surface area (Å²) in [5.74, 6) is 0.634. The Morgan fingerprint density at radius 3 is 2.52 bits per heavy atom. The zero-order valence-corrected chi connectivity index (χ0v) is 17.1. The number of nitrogens with one attached hydrogen (secondary N) is 2. The Kier molecular flexibility index (Phi) is 6.77. The van der Waals surface area contributed by atoms with E-state index in [-0.39, 0.29) is 6.04 Å². The summed E-state index contributed by atoms with van der Waals surface area (Å²) in [5.41, 5.74) is 3.21. The Bertz CT molecular complexity index is 779. The van der Waals surface area contributed by atoms with E-state index >= 15 is 0 Å². The fourth-order valence-corrected chi connectivity index (χ4v) is 3.54. The lowest BCUT2D eigenvalue weighted by Crippen LogP contribution is -2.36. The summed E-state index contributed by atoms with van der Waals surface area (Å²) in [7, 11) is 1.59. The highest BCUT2D eigenvalue weighted by molar-refractivity contribution is 7.80. The molecule has 2 aromatic carbocycles. The lowest BCUT2D eigenvalue weighted by molar-refractivity contribution is 0.122. The Morgan fingerprint density at radius 1 is 1.19 bits per heavy atom. The van der Waals surface area contributed by atoms with Gasteiger partial charge in [-0.1, -0.05) is 23.7 Å². The average molecular weight is 406 g/mol. The summed E-state index contributed by atoms with van der Waals surface area (Å²) in [6.45, 7) is 5.53. The minimum Gasteiger partial charge on any atom is -0.495 e. The van der Waals surface area contributed by atoms with Crippen molar-refractivity contribution >= 4 is 40.3 Å². The van der Waals surface area contributed by atoms with Crippen molar-refractivity contribution in [2.24, 2.45) is 0 Å². The molecule has 1 aliphatic heterocycles. The first kappa shape index (κ1) is 19.7. The Labute approximate surface area is 170 Å². The van der Waals surface area contributed by atoms with E-state index in [0.717, 1.165) is 32.0 Å². The third kappa shape index (κ3) is 5.25. The first-order valence-electron chi connectivity index (χ1n) is 8.90. The van der Waals surface area contributed by atoms with Gasteiger partial charge in [-0.25, -0.2) is 0 Å². The SMILES string of the molecule is COc1ccc(NC(=S)NC(C)c2ccc(N3CCOCC3)cc2)cc1Cl. The summed E-state index contributed by atoms with van der Waals surface area (Å²) in [6.07, 6.45) is 0. The van der Waals surface area contributed by atoms with Crippen LogP contribution in [0.4, 0.5) is 11.4 Å². The molecule has 2 aromatic rings. The molecule has 27 heavy (non-hydrogen) atoms. The highest BCUT2D eigenvalue weighted by Crippen LogP contribution is 2.27. The van der Waals surface area contributed by atoms with Gasteiger partial charge in [0, 0.05) is 24.5 Å². The molecule has 1 aliphatic rings. The van der Waals surface area contributed by atoms with Crippen LogP contribution < -0.4 is 20.3 Å². The molecule has 0 bridgehead atoms. The minimum atomic E-state index is 0.0810. The summed E-state index contributed by atoms with van der Waals surface area (Å²) in [4.78, 5) is 2.34. The number of hydrogen-bond donors (Lipinski definition) is 2. The first-order valence-corrected chi connectivity index (χ1v) is 9.69. The van der Waals surface area contributed by atoms with Gasteiger partial charge >= 0.3 is 0 Å². The lowest BCUT2D eigenvalue weighted by Gasteiger charge is -2.29. The number of anilines is 2. The Hall–Kier alpha value is -2.02. The molecule has 0 spiro atoms. The molecule has 1 fully saturated rings. The van der Waals surface area contributed by atoms with Gasteiger partial charge in [0.05, 0.1) is 31.4 Å². The van der Waals surface area contributed by atoms with Crippen molar-refractivity contribution in [2.45, 2.75) is 13.0 Å². The standard InChI is InChI=1S/C20H24ClN3O2S/c1-14(15-3-6-17(7-4-15)24-9-11-26-12-10-24)22-20(27)23-16-5-8-19(25-2)18(21)13-16/h3-8,13-14H,9-12H2,1-2H3,(H2,22,23,27).